The summed E-state index contributed by atoms with van der Waals surface area (Å²) >= 11 is 3.45. The number of aromatic nitrogens is 1. The zero-order chi connectivity index (χ0) is 18.1. The normalized spacial score (nSPS) is 14.0. The maximum atomic E-state index is 13.7. The van der Waals surface area contributed by atoms with E-state index >= 15 is 0 Å². The summed E-state index contributed by atoms with van der Waals surface area (Å²) in [7, 11) is 0. The van der Waals surface area contributed by atoms with Crippen molar-refractivity contribution in [3.63, 3.8) is 0 Å². The lowest BCUT2D eigenvalue weighted by Crippen LogP contribution is -2.19. The smallest absolute Gasteiger partial charge is 0.129 e. The molecule has 0 bridgehead atoms. The van der Waals surface area contributed by atoms with E-state index in [1.807, 2.05) is 24.3 Å². The molecule has 0 amide bonds. The number of benzene rings is 2. The summed E-state index contributed by atoms with van der Waals surface area (Å²) in [5.41, 5.74) is 3.00. The summed E-state index contributed by atoms with van der Waals surface area (Å²) in [5.74, 6) is 0.761. The fourth-order valence-corrected chi connectivity index (χ4v) is 3.67. The van der Waals surface area contributed by atoms with Crippen LogP contribution in [0.25, 0.3) is 22.4 Å². The topological polar surface area (TPSA) is 36.4 Å². The number of hydrogen-bond donors (Lipinski definition) is 1. The van der Waals surface area contributed by atoms with Crippen molar-refractivity contribution < 1.29 is 9.50 Å². The van der Waals surface area contributed by atoms with Gasteiger partial charge in [0.15, 0.2) is 0 Å². The maximum absolute atomic E-state index is 13.7. The summed E-state index contributed by atoms with van der Waals surface area (Å²) in [6, 6.07) is 15.7. The second kappa shape index (κ2) is 7.08. The van der Waals surface area contributed by atoms with Crippen molar-refractivity contribution in [3.05, 3.63) is 64.9 Å². The third kappa shape index (κ3) is 3.44. The Morgan fingerprint density at radius 1 is 0.962 bits per heavy atom. The van der Waals surface area contributed by atoms with Crippen molar-refractivity contribution in [2.75, 3.05) is 18.0 Å². The number of hydrogen-bond acceptors (Lipinski definition) is 3. The molecule has 1 N–H and O–H groups in total. The van der Waals surface area contributed by atoms with E-state index in [0.29, 0.717) is 11.3 Å². The quantitative estimate of drug-likeness (QED) is 0.605. The highest BCUT2D eigenvalue weighted by atomic mass is 79.9. The lowest BCUT2D eigenvalue weighted by molar-refractivity contribution is 0.477. The molecule has 1 aliphatic heterocycles. The van der Waals surface area contributed by atoms with Gasteiger partial charge in [-0.3, -0.25) is 0 Å². The van der Waals surface area contributed by atoms with Crippen molar-refractivity contribution in [1.29, 1.82) is 0 Å². The minimum Gasteiger partial charge on any atom is -0.507 e. The molecule has 0 saturated carbocycles. The van der Waals surface area contributed by atoms with Gasteiger partial charge in [0.2, 0.25) is 0 Å². The van der Waals surface area contributed by atoms with E-state index < -0.39 is 0 Å². The highest BCUT2D eigenvalue weighted by Crippen LogP contribution is 2.35. The Bertz CT molecular complexity index is 954. The number of rotatable bonds is 3. The predicted octanol–water partition coefficient (Wildman–Crippen LogP) is 5.62. The van der Waals surface area contributed by atoms with Crippen molar-refractivity contribution in [3.8, 4) is 28.1 Å². The van der Waals surface area contributed by atoms with Gasteiger partial charge < -0.3 is 10.0 Å². The summed E-state index contributed by atoms with van der Waals surface area (Å²) in [6.07, 6.45) is 2.28. The summed E-state index contributed by atoms with van der Waals surface area (Å²) in [5, 5.41) is 10.3. The monoisotopic (exact) mass is 412 g/mol. The number of pyridine rings is 1. The Morgan fingerprint density at radius 3 is 2.54 bits per heavy atom. The van der Waals surface area contributed by atoms with Crippen molar-refractivity contribution >= 4 is 21.7 Å². The number of phenols is 1. The maximum Gasteiger partial charge on any atom is 0.129 e. The average Bonchev–Trinajstić information content (AvgIpc) is 3.18. The third-order valence-corrected chi connectivity index (χ3v) is 5.13. The SMILES string of the molecule is Oc1ccc(Br)cc1-c1cc(-c2cccc(F)c2)cc(N2CCCC2)n1. The van der Waals surface area contributed by atoms with Crippen LogP contribution in [0.2, 0.25) is 0 Å². The van der Waals surface area contributed by atoms with E-state index in [9.17, 15) is 9.50 Å². The Hall–Kier alpha value is -2.40. The highest BCUT2D eigenvalue weighted by molar-refractivity contribution is 9.10. The van der Waals surface area contributed by atoms with Gasteiger partial charge in [0.25, 0.3) is 0 Å². The van der Waals surface area contributed by atoms with Gasteiger partial charge >= 0.3 is 0 Å². The summed E-state index contributed by atoms with van der Waals surface area (Å²) < 4.78 is 14.6. The van der Waals surface area contributed by atoms with E-state index in [1.54, 1.807) is 18.2 Å². The van der Waals surface area contributed by atoms with Gasteiger partial charge in [-0.25, -0.2) is 9.37 Å². The molecule has 0 unspecified atom stereocenters. The van der Waals surface area contributed by atoms with Gasteiger partial charge in [-0.05, 0) is 66.4 Å². The van der Waals surface area contributed by atoms with Gasteiger partial charge in [-0.1, -0.05) is 28.1 Å². The third-order valence-electron chi connectivity index (χ3n) is 4.63. The van der Waals surface area contributed by atoms with Crippen LogP contribution >= 0.6 is 15.9 Å². The molecule has 4 rings (SSSR count). The fourth-order valence-electron chi connectivity index (χ4n) is 3.31. The molecule has 2 aromatic carbocycles. The largest absolute Gasteiger partial charge is 0.507 e. The van der Waals surface area contributed by atoms with E-state index in [1.165, 1.54) is 12.1 Å². The first kappa shape index (κ1) is 17.0. The lowest BCUT2D eigenvalue weighted by Gasteiger charge is -2.19. The zero-order valence-electron chi connectivity index (χ0n) is 14.1. The number of halogens is 2. The number of nitrogens with zero attached hydrogens (tertiary/aromatic N) is 2. The molecule has 0 aliphatic carbocycles. The number of phenolic OH excluding ortho intramolecular Hbond substituents is 1. The van der Waals surface area contributed by atoms with E-state index in [-0.39, 0.29) is 11.6 Å². The van der Waals surface area contributed by atoms with E-state index in [0.717, 1.165) is 47.3 Å². The lowest BCUT2D eigenvalue weighted by atomic mass is 10.0. The van der Waals surface area contributed by atoms with Crippen LogP contribution in [-0.4, -0.2) is 23.2 Å². The zero-order valence-corrected chi connectivity index (χ0v) is 15.7. The molecule has 1 aromatic heterocycles. The van der Waals surface area contributed by atoms with Gasteiger partial charge in [-0.15, -0.1) is 0 Å². The first-order valence-corrected chi connectivity index (χ1v) is 9.41. The molecule has 1 fully saturated rings. The summed E-state index contributed by atoms with van der Waals surface area (Å²) in [6.45, 7) is 1.92. The molecule has 0 spiro atoms. The van der Waals surface area contributed by atoms with Crippen LogP contribution in [-0.2, 0) is 0 Å². The Morgan fingerprint density at radius 2 is 1.77 bits per heavy atom. The van der Waals surface area contributed by atoms with Crippen LogP contribution in [0.1, 0.15) is 12.8 Å². The molecule has 132 valence electrons. The molecule has 3 aromatic rings. The molecular formula is C21H18BrFN2O. The van der Waals surface area contributed by atoms with Crippen molar-refractivity contribution in [2.24, 2.45) is 0 Å². The van der Waals surface area contributed by atoms with E-state index in [4.69, 9.17) is 4.98 Å². The average molecular weight is 413 g/mol. The van der Waals surface area contributed by atoms with Gasteiger partial charge in [0.1, 0.15) is 17.4 Å². The number of anilines is 1. The first-order valence-electron chi connectivity index (χ1n) is 8.62. The minimum atomic E-state index is -0.270. The van der Waals surface area contributed by atoms with Crippen molar-refractivity contribution in [1.82, 2.24) is 4.98 Å². The van der Waals surface area contributed by atoms with Gasteiger partial charge in [0, 0.05) is 23.1 Å². The first-order chi connectivity index (χ1) is 12.6. The predicted molar refractivity (Wildman–Crippen MR) is 106 cm³/mol. The second-order valence-electron chi connectivity index (χ2n) is 6.47. The summed E-state index contributed by atoms with van der Waals surface area (Å²) in [4.78, 5) is 7.02. The standard InChI is InChI=1S/C21H18BrFN2O/c22-16-6-7-20(26)18(13-16)19-11-15(14-4-3-5-17(23)10-14)12-21(24-19)25-8-1-2-9-25/h3-7,10-13,26H,1-2,8-9H2. The fraction of sp³-hybridized carbons (Fsp3) is 0.190. The van der Waals surface area contributed by atoms with Gasteiger partial charge in [-0.2, -0.15) is 0 Å². The van der Waals surface area contributed by atoms with Crippen LogP contribution < -0.4 is 4.90 Å². The molecule has 0 radical (unpaired) electrons. The molecule has 1 saturated heterocycles. The molecule has 5 heteroatoms. The highest BCUT2D eigenvalue weighted by Gasteiger charge is 2.17. The molecule has 0 atom stereocenters. The van der Waals surface area contributed by atoms with Crippen LogP contribution in [0, 0.1) is 5.82 Å². The molecule has 26 heavy (non-hydrogen) atoms. The van der Waals surface area contributed by atoms with Crippen LogP contribution in [0.5, 0.6) is 5.75 Å². The van der Waals surface area contributed by atoms with Crippen LogP contribution in [0.3, 0.4) is 0 Å². The molecule has 3 nitrogen and oxygen atoms in total. The Kier molecular flexibility index (Phi) is 4.64. The molecular weight excluding hydrogens is 395 g/mol. The Balaban J connectivity index is 1.89. The molecule has 2 heterocycles. The Labute approximate surface area is 160 Å². The van der Waals surface area contributed by atoms with Crippen molar-refractivity contribution in [2.45, 2.75) is 12.8 Å². The van der Waals surface area contributed by atoms with Crippen LogP contribution in [0.15, 0.2) is 59.1 Å². The van der Waals surface area contributed by atoms with Crippen LogP contribution in [0.4, 0.5) is 10.2 Å². The second-order valence-corrected chi connectivity index (χ2v) is 7.38. The van der Waals surface area contributed by atoms with E-state index in [2.05, 4.69) is 20.8 Å². The minimum absolute atomic E-state index is 0.171. The van der Waals surface area contributed by atoms with Gasteiger partial charge in [0.05, 0.1) is 5.69 Å². The molecule has 1 aliphatic rings. The number of aromatic hydroxyl groups is 1.